The molecule has 7 heteroatoms. The van der Waals surface area contributed by atoms with E-state index in [0.29, 0.717) is 31.3 Å². The summed E-state index contributed by atoms with van der Waals surface area (Å²) >= 11 is 0. The Hall–Kier alpha value is -1.70. The first-order valence-electron chi connectivity index (χ1n) is 7.44. The van der Waals surface area contributed by atoms with Gasteiger partial charge in [0.15, 0.2) is 5.89 Å². The summed E-state index contributed by atoms with van der Waals surface area (Å²) in [4.78, 5) is 4.52. The normalized spacial score (nSPS) is 18.9. The lowest BCUT2D eigenvalue weighted by Gasteiger charge is -2.40. The van der Waals surface area contributed by atoms with E-state index in [-0.39, 0.29) is 4.90 Å². The first-order chi connectivity index (χ1) is 10.8. The third-order valence-corrected chi connectivity index (χ3v) is 6.05. The smallest absolute Gasteiger partial charge is 0.243 e. The molecule has 0 N–H and O–H groups in total. The molecule has 0 bridgehead atoms. The van der Waals surface area contributed by atoms with Crippen LogP contribution in [0.4, 0.5) is 0 Å². The van der Waals surface area contributed by atoms with E-state index >= 15 is 0 Å². The Bertz CT molecular complexity index is 794. The van der Waals surface area contributed by atoms with Crippen molar-refractivity contribution in [2.75, 3.05) is 19.8 Å². The Morgan fingerprint density at radius 1 is 1.22 bits per heavy atom. The number of ether oxygens (including phenoxy) is 1. The van der Waals surface area contributed by atoms with E-state index in [4.69, 9.17) is 9.15 Å². The summed E-state index contributed by atoms with van der Waals surface area (Å²) < 4.78 is 37.9. The van der Waals surface area contributed by atoms with E-state index in [2.05, 4.69) is 4.98 Å². The lowest BCUT2D eigenvalue weighted by molar-refractivity contribution is -0.00770. The van der Waals surface area contributed by atoms with Crippen molar-refractivity contribution in [3.8, 4) is 11.3 Å². The zero-order valence-corrected chi connectivity index (χ0v) is 14.3. The number of sulfonamides is 1. The van der Waals surface area contributed by atoms with Gasteiger partial charge in [-0.05, 0) is 26.0 Å². The number of oxazole rings is 1. The van der Waals surface area contributed by atoms with Crippen LogP contribution < -0.4 is 0 Å². The molecule has 1 saturated heterocycles. The van der Waals surface area contributed by atoms with Gasteiger partial charge in [-0.2, -0.15) is 4.31 Å². The molecule has 2 aromatic rings. The topological polar surface area (TPSA) is 72.6 Å². The molecule has 2 heterocycles. The van der Waals surface area contributed by atoms with Crippen LogP contribution in [0.3, 0.4) is 0 Å². The third-order valence-electron chi connectivity index (χ3n) is 3.93. The van der Waals surface area contributed by atoms with Gasteiger partial charge in [0.25, 0.3) is 0 Å². The molecule has 3 rings (SSSR count). The molecule has 124 valence electrons. The molecule has 1 aromatic heterocycles. The maximum absolute atomic E-state index is 12.9. The number of aromatic nitrogens is 1. The minimum Gasteiger partial charge on any atom is -0.449 e. The van der Waals surface area contributed by atoms with Crippen LogP contribution >= 0.6 is 0 Å². The van der Waals surface area contributed by atoms with Gasteiger partial charge in [-0.25, -0.2) is 13.4 Å². The first-order valence-corrected chi connectivity index (χ1v) is 8.88. The minimum absolute atomic E-state index is 0.274. The molecule has 0 amide bonds. The molecule has 0 radical (unpaired) electrons. The van der Waals surface area contributed by atoms with E-state index in [1.165, 1.54) is 4.31 Å². The molecule has 0 unspecified atom stereocenters. The quantitative estimate of drug-likeness (QED) is 0.861. The summed E-state index contributed by atoms with van der Waals surface area (Å²) in [5, 5.41) is 0. The fourth-order valence-corrected chi connectivity index (χ4v) is 4.46. The zero-order chi connectivity index (χ0) is 16.7. The van der Waals surface area contributed by atoms with Gasteiger partial charge < -0.3 is 9.15 Å². The minimum atomic E-state index is -3.55. The van der Waals surface area contributed by atoms with Gasteiger partial charge in [0.05, 0.1) is 23.6 Å². The lowest BCUT2D eigenvalue weighted by atomic mass is 10.1. The molecular formula is C16H20N2O4S. The van der Waals surface area contributed by atoms with Crippen molar-refractivity contribution in [1.82, 2.24) is 9.29 Å². The van der Waals surface area contributed by atoms with Crippen LogP contribution in [-0.4, -0.2) is 43.0 Å². The number of aryl methyl sites for hydroxylation is 1. The highest BCUT2D eigenvalue weighted by molar-refractivity contribution is 7.89. The van der Waals surface area contributed by atoms with Crippen molar-refractivity contribution < 1.29 is 17.6 Å². The Balaban J connectivity index is 1.91. The van der Waals surface area contributed by atoms with Crippen molar-refractivity contribution >= 4 is 10.0 Å². The predicted molar refractivity (Wildman–Crippen MR) is 85.5 cm³/mol. The monoisotopic (exact) mass is 336 g/mol. The summed E-state index contributed by atoms with van der Waals surface area (Å²) in [7, 11) is -3.55. The highest BCUT2D eigenvalue weighted by atomic mass is 32.2. The van der Waals surface area contributed by atoms with Crippen LogP contribution in [0.5, 0.6) is 0 Å². The van der Waals surface area contributed by atoms with Gasteiger partial charge in [-0.3, -0.25) is 0 Å². The first kappa shape index (κ1) is 16.2. The SMILES string of the molecule is Cc1nc(-c2ccc(S(=O)(=O)N3CCOCC3(C)C)cc2)co1. The van der Waals surface area contributed by atoms with E-state index in [0.717, 1.165) is 5.56 Å². The van der Waals surface area contributed by atoms with E-state index in [1.54, 1.807) is 37.5 Å². The molecular weight excluding hydrogens is 316 g/mol. The lowest BCUT2D eigenvalue weighted by Crippen LogP contribution is -2.55. The van der Waals surface area contributed by atoms with Crippen molar-refractivity contribution in [2.24, 2.45) is 0 Å². The number of hydrogen-bond donors (Lipinski definition) is 0. The van der Waals surface area contributed by atoms with Crippen LogP contribution in [0, 0.1) is 6.92 Å². The Kier molecular flexibility index (Phi) is 4.03. The molecule has 1 aliphatic heterocycles. The molecule has 23 heavy (non-hydrogen) atoms. The number of nitrogens with zero attached hydrogens (tertiary/aromatic N) is 2. The second-order valence-electron chi connectivity index (χ2n) is 6.22. The van der Waals surface area contributed by atoms with Gasteiger partial charge in [-0.15, -0.1) is 0 Å². The second kappa shape index (κ2) is 5.74. The van der Waals surface area contributed by atoms with Crippen LogP contribution in [0.25, 0.3) is 11.3 Å². The Morgan fingerprint density at radius 3 is 2.48 bits per heavy atom. The fraction of sp³-hybridized carbons (Fsp3) is 0.438. The van der Waals surface area contributed by atoms with E-state index in [1.807, 2.05) is 13.8 Å². The van der Waals surface area contributed by atoms with Crippen molar-refractivity contribution in [2.45, 2.75) is 31.2 Å². The van der Waals surface area contributed by atoms with E-state index < -0.39 is 15.6 Å². The average molecular weight is 336 g/mol. The standard InChI is InChI=1S/C16H20N2O4S/c1-12-17-15(10-22-12)13-4-6-14(7-5-13)23(19,20)18-8-9-21-11-16(18,2)3/h4-7,10H,8-9,11H2,1-3H3. The van der Waals surface area contributed by atoms with Crippen LogP contribution in [-0.2, 0) is 14.8 Å². The second-order valence-corrected chi connectivity index (χ2v) is 8.08. The van der Waals surface area contributed by atoms with Gasteiger partial charge in [-0.1, -0.05) is 12.1 Å². The fourth-order valence-electron chi connectivity index (χ4n) is 2.71. The van der Waals surface area contributed by atoms with Crippen LogP contribution in [0.1, 0.15) is 19.7 Å². The summed E-state index contributed by atoms with van der Waals surface area (Å²) in [5.41, 5.74) is 0.957. The van der Waals surface area contributed by atoms with Gasteiger partial charge in [0.2, 0.25) is 10.0 Å². The maximum atomic E-state index is 12.9. The summed E-state index contributed by atoms with van der Waals surface area (Å²) in [6.45, 7) is 6.68. The highest BCUT2D eigenvalue weighted by Crippen LogP contribution is 2.28. The van der Waals surface area contributed by atoms with Crippen molar-refractivity contribution in [3.63, 3.8) is 0 Å². The summed E-state index contributed by atoms with van der Waals surface area (Å²) in [6, 6.07) is 6.72. The number of hydrogen-bond acceptors (Lipinski definition) is 5. The van der Waals surface area contributed by atoms with Crippen molar-refractivity contribution in [1.29, 1.82) is 0 Å². The van der Waals surface area contributed by atoms with Gasteiger partial charge in [0.1, 0.15) is 12.0 Å². The molecule has 1 aromatic carbocycles. The number of rotatable bonds is 3. The summed E-state index contributed by atoms with van der Waals surface area (Å²) in [5.74, 6) is 0.576. The van der Waals surface area contributed by atoms with E-state index in [9.17, 15) is 8.42 Å². The molecule has 1 fully saturated rings. The maximum Gasteiger partial charge on any atom is 0.243 e. The van der Waals surface area contributed by atoms with Gasteiger partial charge >= 0.3 is 0 Å². The Labute approximate surface area is 136 Å². The number of morpholine rings is 1. The van der Waals surface area contributed by atoms with Crippen molar-refractivity contribution in [3.05, 3.63) is 36.4 Å². The molecule has 0 aliphatic carbocycles. The summed E-state index contributed by atoms with van der Waals surface area (Å²) in [6.07, 6.45) is 1.56. The third kappa shape index (κ3) is 3.04. The number of benzene rings is 1. The molecule has 0 spiro atoms. The molecule has 1 aliphatic rings. The molecule has 0 atom stereocenters. The van der Waals surface area contributed by atoms with Gasteiger partial charge in [0, 0.05) is 19.0 Å². The zero-order valence-electron chi connectivity index (χ0n) is 13.4. The Morgan fingerprint density at radius 2 is 1.91 bits per heavy atom. The van der Waals surface area contributed by atoms with Crippen LogP contribution in [0.15, 0.2) is 39.8 Å². The molecule has 0 saturated carbocycles. The highest BCUT2D eigenvalue weighted by Gasteiger charge is 2.39. The molecule has 6 nitrogen and oxygen atoms in total. The predicted octanol–water partition coefficient (Wildman–Crippen LogP) is 2.45. The van der Waals surface area contributed by atoms with Crippen LogP contribution in [0.2, 0.25) is 0 Å². The average Bonchev–Trinajstić information content (AvgIpc) is 2.93. The largest absolute Gasteiger partial charge is 0.449 e.